The fraction of sp³-hybridized carbons (Fsp3) is 0.679. The zero-order valence-electron chi connectivity index (χ0n) is 20.3. The minimum Gasteiger partial charge on any atom is -0.476 e. The minimum absolute atomic E-state index is 0.0403. The van der Waals surface area contributed by atoms with Crippen molar-refractivity contribution in [2.24, 2.45) is 0 Å². The summed E-state index contributed by atoms with van der Waals surface area (Å²) in [7, 11) is 0. The highest BCUT2D eigenvalue weighted by Crippen LogP contribution is 2.44. The van der Waals surface area contributed by atoms with Crippen molar-refractivity contribution in [2.45, 2.75) is 120 Å². The Bertz CT molecular complexity index is 1040. The molecule has 34 heavy (non-hydrogen) atoms. The van der Waals surface area contributed by atoms with Gasteiger partial charge in [-0.3, -0.25) is 9.69 Å². The molecule has 1 aromatic carbocycles. The van der Waals surface area contributed by atoms with E-state index in [1.807, 2.05) is 24.3 Å². The molecule has 0 radical (unpaired) electrons. The van der Waals surface area contributed by atoms with Gasteiger partial charge in [-0.2, -0.15) is 0 Å². The SMILES string of the molecule is O=C(O)c1nc2ccccc2n(C2CC3CCC(C2)N3C2CCCCCCCCCCC2)c1=O. The molecule has 3 heterocycles. The molecule has 2 unspecified atom stereocenters. The predicted octanol–water partition coefficient (Wildman–Crippen LogP) is 5.94. The zero-order valence-corrected chi connectivity index (χ0v) is 20.3. The summed E-state index contributed by atoms with van der Waals surface area (Å²) in [5.41, 5.74) is 0.554. The first-order valence-corrected chi connectivity index (χ1v) is 13.7. The van der Waals surface area contributed by atoms with E-state index in [1.165, 1.54) is 83.5 Å². The second-order valence-electron chi connectivity index (χ2n) is 10.8. The van der Waals surface area contributed by atoms with E-state index in [-0.39, 0.29) is 11.7 Å². The van der Waals surface area contributed by atoms with Crippen molar-refractivity contribution in [2.75, 3.05) is 0 Å². The second kappa shape index (κ2) is 10.6. The summed E-state index contributed by atoms with van der Waals surface area (Å²) in [4.78, 5) is 32.1. The van der Waals surface area contributed by atoms with Crippen molar-refractivity contribution >= 4 is 17.0 Å². The van der Waals surface area contributed by atoms with E-state index in [4.69, 9.17) is 0 Å². The smallest absolute Gasteiger partial charge is 0.360 e. The molecular weight excluding hydrogens is 426 g/mol. The number of hydrogen-bond acceptors (Lipinski definition) is 4. The summed E-state index contributed by atoms with van der Waals surface area (Å²) in [6.07, 6.45) is 19.2. The van der Waals surface area contributed by atoms with Gasteiger partial charge in [-0.15, -0.1) is 0 Å². The molecule has 1 saturated carbocycles. The average Bonchev–Trinajstić information content (AvgIpc) is 3.08. The highest BCUT2D eigenvalue weighted by Gasteiger charge is 2.44. The van der Waals surface area contributed by atoms with Crippen LogP contribution in [-0.2, 0) is 0 Å². The maximum atomic E-state index is 13.3. The average molecular weight is 466 g/mol. The fourth-order valence-corrected chi connectivity index (χ4v) is 7.09. The van der Waals surface area contributed by atoms with Crippen LogP contribution in [0.1, 0.15) is 113 Å². The molecular formula is C28H39N3O3. The van der Waals surface area contributed by atoms with Crippen molar-refractivity contribution < 1.29 is 9.90 Å². The Morgan fingerprint density at radius 2 is 1.32 bits per heavy atom. The third-order valence-corrected chi connectivity index (χ3v) is 8.62. The Kier molecular flexibility index (Phi) is 7.33. The molecule has 5 rings (SSSR count). The van der Waals surface area contributed by atoms with Crippen LogP contribution in [-0.4, -0.2) is 43.7 Å². The summed E-state index contributed by atoms with van der Waals surface area (Å²) in [5.74, 6) is -1.24. The van der Waals surface area contributed by atoms with Crippen LogP contribution < -0.4 is 5.56 Å². The van der Waals surface area contributed by atoms with Crippen molar-refractivity contribution in [1.82, 2.24) is 14.5 Å². The molecule has 1 aliphatic carbocycles. The van der Waals surface area contributed by atoms with Crippen LogP contribution in [0.5, 0.6) is 0 Å². The summed E-state index contributed by atoms with van der Waals surface area (Å²) in [5, 5.41) is 9.62. The molecule has 6 nitrogen and oxygen atoms in total. The minimum atomic E-state index is -1.24. The topological polar surface area (TPSA) is 75.4 Å². The largest absolute Gasteiger partial charge is 0.476 e. The van der Waals surface area contributed by atoms with Gasteiger partial charge >= 0.3 is 5.97 Å². The van der Waals surface area contributed by atoms with Gasteiger partial charge in [0.05, 0.1) is 11.0 Å². The number of carbonyl (C=O) groups is 1. The standard InChI is InChI=1S/C28H39N3O3/c32-27-26(28(33)34)29-24-14-10-11-15-25(24)31(27)23-18-21-16-17-22(19-23)30(21)20-12-8-6-4-2-1-3-5-7-9-13-20/h10-11,14-15,20-23H,1-9,12-13,16-19H2,(H,33,34). The third kappa shape index (κ3) is 4.79. The van der Waals surface area contributed by atoms with E-state index >= 15 is 0 Å². The lowest BCUT2D eigenvalue weighted by molar-refractivity contribution is 0.0511. The first-order valence-electron chi connectivity index (χ1n) is 13.7. The van der Waals surface area contributed by atoms with Crippen LogP contribution >= 0.6 is 0 Å². The van der Waals surface area contributed by atoms with Gasteiger partial charge in [0.1, 0.15) is 0 Å². The number of fused-ring (bicyclic) bond motifs is 3. The van der Waals surface area contributed by atoms with Gasteiger partial charge in [0.15, 0.2) is 0 Å². The molecule has 1 N–H and O–H groups in total. The number of carboxylic acids is 1. The number of benzene rings is 1. The van der Waals surface area contributed by atoms with Crippen molar-refractivity contribution in [3.8, 4) is 0 Å². The van der Waals surface area contributed by atoms with E-state index in [2.05, 4.69) is 9.88 Å². The van der Waals surface area contributed by atoms with Crippen LogP contribution in [0.2, 0.25) is 0 Å². The van der Waals surface area contributed by atoms with Gasteiger partial charge in [0.25, 0.3) is 5.56 Å². The lowest BCUT2D eigenvalue weighted by Gasteiger charge is -2.44. The lowest BCUT2D eigenvalue weighted by atomic mass is 9.90. The molecule has 2 atom stereocenters. The van der Waals surface area contributed by atoms with E-state index in [0.29, 0.717) is 23.6 Å². The number of para-hydroxylation sites is 2. The number of aromatic carboxylic acids is 1. The summed E-state index contributed by atoms with van der Waals surface area (Å²) < 4.78 is 1.77. The maximum Gasteiger partial charge on any atom is 0.360 e. The highest BCUT2D eigenvalue weighted by atomic mass is 16.4. The molecule has 2 aliphatic heterocycles. The molecule has 2 saturated heterocycles. The molecule has 2 aromatic rings. The van der Waals surface area contributed by atoms with Crippen LogP contribution in [0.25, 0.3) is 11.0 Å². The van der Waals surface area contributed by atoms with Crippen LogP contribution in [0.15, 0.2) is 29.1 Å². The molecule has 0 spiro atoms. The van der Waals surface area contributed by atoms with Crippen molar-refractivity contribution in [3.63, 3.8) is 0 Å². The lowest BCUT2D eigenvalue weighted by Crippen LogP contribution is -2.50. The van der Waals surface area contributed by atoms with Gasteiger partial charge in [-0.05, 0) is 50.7 Å². The Hall–Kier alpha value is -2.21. The fourth-order valence-electron chi connectivity index (χ4n) is 7.09. The summed E-state index contributed by atoms with van der Waals surface area (Å²) in [6, 6.07) is 9.18. The number of nitrogens with zero attached hydrogens (tertiary/aromatic N) is 3. The van der Waals surface area contributed by atoms with Gasteiger partial charge in [0.2, 0.25) is 5.69 Å². The van der Waals surface area contributed by atoms with E-state index in [9.17, 15) is 14.7 Å². The van der Waals surface area contributed by atoms with Crippen LogP contribution in [0.4, 0.5) is 0 Å². The Labute approximate surface area is 202 Å². The van der Waals surface area contributed by atoms with E-state index in [1.54, 1.807) is 4.57 Å². The van der Waals surface area contributed by atoms with Gasteiger partial charge in [-0.1, -0.05) is 69.9 Å². The molecule has 1 aromatic heterocycles. The van der Waals surface area contributed by atoms with Crippen LogP contribution in [0, 0.1) is 0 Å². The number of piperidine rings is 1. The summed E-state index contributed by atoms with van der Waals surface area (Å²) in [6.45, 7) is 0. The molecule has 184 valence electrons. The number of carboxylic acid groups (broad SMARTS) is 1. The summed E-state index contributed by atoms with van der Waals surface area (Å²) >= 11 is 0. The molecule has 3 fully saturated rings. The molecule has 0 amide bonds. The number of rotatable bonds is 3. The van der Waals surface area contributed by atoms with Crippen LogP contribution in [0.3, 0.4) is 0 Å². The monoisotopic (exact) mass is 465 g/mol. The Balaban J connectivity index is 1.39. The van der Waals surface area contributed by atoms with E-state index < -0.39 is 11.5 Å². The predicted molar refractivity (Wildman–Crippen MR) is 134 cm³/mol. The van der Waals surface area contributed by atoms with Gasteiger partial charge in [0, 0.05) is 24.2 Å². The van der Waals surface area contributed by atoms with Crippen molar-refractivity contribution in [3.05, 3.63) is 40.3 Å². The third-order valence-electron chi connectivity index (χ3n) is 8.62. The number of aromatic nitrogens is 2. The quantitative estimate of drug-likeness (QED) is 0.607. The number of hydrogen-bond donors (Lipinski definition) is 1. The van der Waals surface area contributed by atoms with Gasteiger partial charge < -0.3 is 9.67 Å². The zero-order chi connectivity index (χ0) is 23.5. The maximum absolute atomic E-state index is 13.3. The normalized spacial score (nSPS) is 27.8. The molecule has 3 aliphatic rings. The van der Waals surface area contributed by atoms with Gasteiger partial charge in [-0.25, -0.2) is 9.78 Å². The Morgan fingerprint density at radius 1 is 0.765 bits per heavy atom. The first kappa shape index (κ1) is 23.5. The Morgan fingerprint density at radius 3 is 1.91 bits per heavy atom. The second-order valence-corrected chi connectivity index (χ2v) is 10.8. The van der Waals surface area contributed by atoms with Crippen molar-refractivity contribution in [1.29, 1.82) is 0 Å². The highest BCUT2D eigenvalue weighted by molar-refractivity contribution is 5.88. The first-order chi connectivity index (χ1) is 16.6. The molecule has 2 bridgehead atoms. The van der Waals surface area contributed by atoms with E-state index in [0.717, 1.165) is 18.4 Å². The molecule has 6 heteroatoms.